The van der Waals surface area contributed by atoms with Gasteiger partial charge in [0.15, 0.2) is 0 Å². The van der Waals surface area contributed by atoms with Crippen LogP contribution >= 0.6 is 23.2 Å². The molecule has 1 heterocycles. The lowest BCUT2D eigenvalue weighted by atomic mass is 9.91. The van der Waals surface area contributed by atoms with Crippen LogP contribution < -0.4 is 4.74 Å². The third kappa shape index (κ3) is 4.81. The fraction of sp³-hybridized carbons (Fsp3) is 0.208. The number of rotatable bonds is 4. The summed E-state index contributed by atoms with van der Waals surface area (Å²) in [4.78, 5) is 0.182. The van der Waals surface area contributed by atoms with E-state index in [2.05, 4.69) is 0 Å². The predicted molar refractivity (Wildman–Crippen MR) is 126 cm³/mol. The summed E-state index contributed by atoms with van der Waals surface area (Å²) in [5.74, 6) is 0.0290. The van der Waals surface area contributed by atoms with Gasteiger partial charge in [-0.1, -0.05) is 23.2 Å². The van der Waals surface area contributed by atoms with Crippen LogP contribution in [0.4, 0.5) is 0 Å². The molecule has 2 N–H and O–H groups in total. The van der Waals surface area contributed by atoms with E-state index in [-0.39, 0.29) is 27.0 Å². The van der Waals surface area contributed by atoms with Crippen molar-refractivity contribution in [2.75, 3.05) is 0 Å². The topological polar surface area (TPSA) is 96.7 Å². The molecule has 3 aromatic rings. The number of nitrogens with one attached hydrogen (secondary N) is 1. The number of ether oxygens (including phenoxy) is 2. The molecule has 0 saturated heterocycles. The molecular weight excluding hydrogens is 485 g/mol. The van der Waals surface area contributed by atoms with E-state index in [1.54, 1.807) is 12.1 Å². The normalized spacial score (nSPS) is 17.0. The number of halogens is 2. The highest BCUT2D eigenvalue weighted by Gasteiger charge is 2.37. The van der Waals surface area contributed by atoms with Crippen molar-refractivity contribution in [3.05, 3.63) is 81.8 Å². The van der Waals surface area contributed by atoms with Crippen LogP contribution in [-0.4, -0.2) is 25.0 Å². The molecule has 1 aliphatic heterocycles. The van der Waals surface area contributed by atoms with Gasteiger partial charge < -0.3 is 14.6 Å². The molecule has 172 valence electrons. The monoisotopic (exact) mass is 505 g/mol. The first kappa shape index (κ1) is 23.4. The van der Waals surface area contributed by atoms with Gasteiger partial charge >= 0.3 is 0 Å². The van der Waals surface area contributed by atoms with Crippen molar-refractivity contribution >= 4 is 38.9 Å². The van der Waals surface area contributed by atoms with Gasteiger partial charge in [0.1, 0.15) is 23.2 Å². The summed E-state index contributed by atoms with van der Waals surface area (Å²) in [7, 11) is -3.81. The first-order valence-corrected chi connectivity index (χ1v) is 12.3. The van der Waals surface area contributed by atoms with E-state index >= 15 is 0 Å². The third-order valence-corrected chi connectivity index (χ3v) is 7.54. The molecule has 0 amide bonds. The Labute approximate surface area is 202 Å². The number of fused-ring (bicyclic) bond motifs is 1. The minimum absolute atomic E-state index is 0.0707. The summed E-state index contributed by atoms with van der Waals surface area (Å²) >= 11 is 11.8. The van der Waals surface area contributed by atoms with E-state index in [0.29, 0.717) is 27.8 Å². The number of hydrogen-bond acceptors (Lipinski definition) is 6. The Morgan fingerprint density at radius 2 is 1.67 bits per heavy atom. The summed E-state index contributed by atoms with van der Waals surface area (Å²) in [6, 6.07) is 14.9. The van der Waals surface area contributed by atoms with Crippen molar-refractivity contribution in [2.24, 2.45) is 0 Å². The van der Waals surface area contributed by atoms with Crippen LogP contribution in [0.15, 0.2) is 70.5 Å². The standard InChI is InChI=1S/C24H21Cl2NO5S/c1-24(2)13-22(31-23(27)18-9-5-15(26)11-20(18)28)19-12-17(8-10-21(19)32-24)33(29,30)16-6-3-14(25)4-7-16/h3-12,22,27-28H,13H2,1-2H3/t22-/m0/s1. The first-order valence-electron chi connectivity index (χ1n) is 10.0. The molecule has 0 aliphatic carbocycles. The minimum atomic E-state index is -3.81. The van der Waals surface area contributed by atoms with Gasteiger partial charge in [0.25, 0.3) is 0 Å². The Kier molecular flexibility index (Phi) is 6.07. The van der Waals surface area contributed by atoms with Gasteiger partial charge in [-0.05, 0) is 74.5 Å². The number of benzene rings is 3. The molecule has 6 nitrogen and oxygen atoms in total. The predicted octanol–water partition coefficient (Wildman–Crippen LogP) is 6.18. The lowest BCUT2D eigenvalue weighted by Gasteiger charge is -2.37. The van der Waals surface area contributed by atoms with Crippen molar-refractivity contribution < 1.29 is 23.0 Å². The molecule has 0 radical (unpaired) electrons. The average molecular weight is 506 g/mol. The maximum atomic E-state index is 13.2. The number of hydrogen-bond donors (Lipinski definition) is 2. The quantitative estimate of drug-likeness (QED) is 0.326. The van der Waals surface area contributed by atoms with Crippen LogP contribution in [0.25, 0.3) is 0 Å². The molecule has 0 fully saturated rings. The Balaban J connectivity index is 1.72. The second kappa shape index (κ2) is 8.56. The fourth-order valence-electron chi connectivity index (χ4n) is 3.69. The van der Waals surface area contributed by atoms with Crippen LogP contribution in [0.2, 0.25) is 10.0 Å². The van der Waals surface area contributed by atoms with Crippen LogP contribution in [0.1, 0.15) is 37.5 Å². The maximum Gasteiger partial charge on any atom is 0.217 e. The van der Waals surface area contributed by atoms with Crippen LogP contribution in [0.3, 0.4) is 0 Å². The van der Waals surface area contributed by atoms with Gasteiger partial charge in [0, 0.05) is 22.0 Å². The molecule has 0 aromatic heterocycles. The average Bonchev–Trinajstić information content (AvgIpc) is 2.73. The highest BCUT2D eigenvalue weighted by atomic mass is 35.5. The first-order chi connectivity index (χ1) is 15.5. The molecule has 0 unspecified atom stereocenters. The van der Waals surface area contributed by atoms with Crippen LogP contribution in [0.5, 0.6) is 11.5 Å². The van der Waals surface area contributed by atoms with E-state index in [1.807, 2.05) is 13.8 Å². The number of phenolic OH excluding ortho intramolecular Hbond substituents is 1. The Bertz CT molecular complexity index is 1340. The second-order valence-corrected chi connectivity index (χ2v) is 11.1. The van der Waals surface area contributed by atoms with E-state index in [9.17, 15) is 13.5 Å². The van der Waals surface area contributed by atoms with Crippen molar-refractivity contribution in [1.29, 1.82) is 5.41 Å². The smallest absolute Gasteiger partial charge is 0.217 e. The SMILES string of the molecule is CC1(C)C[C@H](OC(=N)c2ccc(Cl)cc2O)c2cc(S(=O)(=O)c3ccc(Cl)cc3)ccc2O1. The van der Waals surface area contributed by atoms with Crippen molar-refractivity contribution in [3.8, 4) is 11.5 Å². The summed E-state index contributed by atoms with van der Waals surface area (Å²) in [6.07, 6.45) is -0.312. The van der Waals surface area contributed by atoms with Gasteiger partial charge in [-0.3, -0.25) is 5.41 Å². The number of phenols is 1. The zero-order valence-electron chi connectivity index (χ0n) is 17.8. The summed E-state index contributed by atoms with van der Waals surface area (Å²) in [5, 5.41) is 19.3. The highest BCUT2D eigenvalue weighted by molar-refractivity contribution is 7.91. The third-order valence-electron chi connectivity index (χ3n) is 5.29. The molecule has 33 heavy (non-hydrogen) atoms. The summed E-state index contributed by atoms with van der Waals surface area (Å²) in [5.41, 5.74) is 0.0640. The fourth-order valence-corrected chi connectivity index (χ4v) is 5.28. The molecule has 0 saturated carbocycles. The Morgan fingerprint density at radius 3 is 2.33 bits per heavy atom. The lowest BCUT2D eigenvalue weighted by molar-refractivity contribution is 0.0169. The Hall–Kier alpha value is -2.74. The van der Waals surface area contributed by atoms with Gasteiger partial charge in [0.05, 0.1) is 15.4 Å². The second-order valence-electron chi connectivity index (χ2n) is 8.32. The molecule has 1 atom stereocenters. The van der Waals surface area contributed by atoms with Crippen molar-refractivity contribution in [1.82, 2.24) is 0 Å². The van der Waals surface area contributed by atoms with Crippen LogP contribution in [0, 0.1) is 5.41 Å². The van der Waals surface area contributed by atoms with Crippen LogP contribution in [-0.2, 0) is 14.6 Å². The minimum Gasteiger partial charge on any atom is -0.507 e. The zero-order valence-corrected chi connectivity index (χ0v) is 20.1. The van der Waals surface area contributed by atoms with Gasteiger partial charge in [-0.15, -0.1) is 0 Å². The van der Waals surface area contributed by atoms with E-state index in [4.69, 9.17) is 38.1 Å². The Morgan fingerprint density at radius 1 is 1.03 bits per heavy atom. The number of aromatic hydroxyl groups is 1. The number of sulfone groups is 1. The summed E-state index contributed by atoms with van der Waals surface area (Å²) < 4.78 is 38.3. The molecule has 1 aliphatic rings. The zero-order chi connectivity index (χ0) is 24.0. The molecule has 3 aromatic carbocycles. The van der Waals surface area contributed by atoms with Gasteiger partial charge in [-0.25, -0.2) is 8.42 Å². The summed E-state index contributed by atoms with van der Waals surface area (Å²) in [6.45, 7) is 3.77. The molecule has 0 bridgehead atoms. The molecule has 4 rings (SSSR count). The van der Waals surface area contributed by atoms with Gasteiger partial charge in [0.2, 0.25) is 15.7 Å². The molecule has 0 spiro atoms. The largest absolute Gasteiger partial charge is 0.507 e. The van der Waals surface area contributed by atoms with E-state index in [0.717, 1.165) is 0 Å². The van der Waals surface area contributed by atoms with Crippen molar-refractivity contribution in [3.63, 3.8) is 0 Å². The lowest BCUT2D eigenvalue weighted by Crippen LogP contribution is -2.36. The van der Waals surface area contributed by atoms with Crippen molar-refractivity contribution in [2.45, 2.75) is 41.8 Å². The van der Waals surface area contributed by atoms with E-state index in [1.165, 1.54) is 48.5 Å². The molecular formula is C24H21Cl2NO5S. The van der Waals surface area contributed by atoms with E-state index < -0.39 is 21.5 Å². The molecule has 9 heteroatoms. The van der Waals surface area contributed by atoms with Gasteiger partial charge in [-0.2, -0.15) is 0 Å². The highest BCUT2D eigenvalue weighted by Crippen LogP contribution is 2.43. The maximum absolute atomic E-state index is 13.2.